The maximum atomic E-state index is 12.6. The molecule has 4 nitrogen and oxygen atoms in total. The van der Waals surface area contributed by atoms with Crippen LogP contribution in [0.25, 0.3) is 0 Å². The van der Waals surface area contributed by atoms with Crippen LogP contribution in [-0.2, 0) is 17.4 Å². The highest BCUT2D eigenvalue weighted by molar-refractivity contribution is 9.10. The van der Waals surface area contributed by atoms with E-state index >= 15 is 0 Å². The van der Waals surface area contributed by atoms with Crippen LogP contribution in [0.1, 0.15) is 29.7 Å². The van der Waals surface area contributed by atoms with E-state index in [2.05, 4.69) is 21.2 Å². The summed E-state index contributed by atoms with van der Waals surface area (Å²) >= 11 is 3.42. The normalized spacial score (nSPS) is 14.6. The molecule has 0 fully saturated rings. The number of hydrogen-bond acceptors (Lipinski definition) is 3. The summed E-state index contributed by atoms with van der Waals surface area (Å²) in [7, 11) is 0. The molecule has 1 aliphatic heterocycles. The number of nitrogens with one attached hydrogen (secondary N) is 1. The zero-order chi connectivity index (χ0) is 19.6. The van der Waals surface area contributed by atoms with Gasteiger partial charge in [-0.3, -0.25) is 4.79 Å². The molecule has 1 aliphatic rings. The van der Waals surface area contributed by atoms with Gasteiger partial charge in [-0.2, -0.15) is 13.2 Å². The average Bonchev–Trinajstić information content (AvgIpc) is 2.61. The zero-order valence-corrected chi connectivity index (χ0v) is 16.0. The summed E-state index contributed by atoms with van der Waals surface area (Å²) in [5.74, 6) is 0.957. The summed E-state index contributed by atoms with van der Waals surface area (Å²) in [6.45, 7) is 2.65. The van der Waals surface area contributed by atoms with Crippen LogP contribution in [0.3, 0.4) is 0 Å². The molecule has 2 aromatic carbocycles. The molecular formula is C19H17BrF3NO3. The van der Waals surface area contributed by atoms with Crippen molar-refractivity contribution in [2.45, 2.75) is 25.6 Å². The Morgan fingerprint density at radius 2 is 1.74 bits per heavy atom. The second-order valence-electron chi connectivity index (χ2n) is 6.17. The first-order valence-electron chi connectivity index (χ1n) is 8.28. The van der Waals surface area contributed by atoms with Crippen molar-refractivity contribution in [1.82, 2.24) is 5.32 Å². The number of benzene rings is 2. The lowest BCUT2D eigenvalue weighted by atomic mass is 10.0. The molecule has 3 rings (SSSR count). The van der Waals surface area contributed by atoms with Gasteiger partial charge in [0.25, 0.3) is 0 Å². The SMILES string of the molecule is CC(NC(=O)Cc1cc2c(cc1Br)OCCO2)c1ccc(C(F)(F)F)cc1. The number of hydrogen-bond donors (Lipinski definition) is 1. The Labute approximate surface area is 162 Å². The molecule has 1 heterocycles. The van der Waals surface area contributed by atoms with E-state index in [9.17, 15) is 18.0 Å². The third kappa shape index (κ3) is 4.74. The molecular weight excluding hydrogens is 427 g/mol. The molecule has 0 aliphatic carbocycles. The number of amides is 1. The lowest BCUT2D eigenvalue weighted by Gasteiger charge is -2.20. The van der Waals surface area contributed by atoms with Crippen molar-refractivity contribution in [1.29, 1.82) is 0 Å². The minimum atomic E-state index is -4.38. The molecule has 0 spiro atoms. The van der Waals surface area contributed by atoms with Crippen LogP contribution < -0.4 is 14.8 Å². The largest absolute Gasteiger partial charge is 0.486 e. The maximum Gasteiger partial charge on any atom is 0.416 e. The van der Waals surface area contributed by atoms with Gasteiger partial charge in [0, 0.05) is 4.47 Å². The molecule has 0 saturated heterocycles. The van der Waals surface area contributed by atoms with Crippen LogP contribution in [-0.4, -0.2) is 19.1 Å². The second kappa shape index (κ2) is 7.80. The quantitative estimate of drug-likeness (QED) is 0.747. The van der Waals surface area contributed by atoms with Gasteiger partial charge in [0.05, 0.1) is 18.0 Å². The number of alkyl halides is 3. The Bertz CT molecular complexity index is 837. The molecule has 1 amide bonds. The minimum Gasteiger partial charge on any atom is -0.486 e. The summed E-state index contributed by atoms with van der Waals surface area (Å²) in [6, 6.07) is 7.85. The van der Waals surface area contributed by atoms with E-state index in [0.29, 0.717) is 30.3 Å². The number of carbonyl (C=O) groups excluding carboxylic acids is 1. The van der Waals surface area contributed by atoms with Gasteiger partial charge < -0.3 is 14.8 Å². The third-order valence-corrected chi connectivity index (χ3v) is 4.92. The minimum absolute atomic E-state index is 0.0994. The first-order chi connectivity index (χ1) is 12.7. The van der Waals surface area contributed by atoms with Crippen LogP contribution in [0.15, 0.2) is 40.9 Å². The molecule has 1 unspecified atom stereocenters. The van der Waals surface area contributed by atoms with E-state index < -0.39 is 17.8 Å². The lowest BCUT2D eigenvalue weighted by Crippen LogP contribution is -2.28. The summed E-state index contributed by atoms with van der Waals surface area (Å²) in [4.78, 5) is 12.4. The first-order valence-corrected chi connectivity index (χ1v) is 9.08. The van der Waals surface area contributed by atoms with Gasteiger partial charge in [0.2, 0.25) is 5.91 Å². The molecule has 0 aromatic heterocycles. The summed E-state index contributed by atoms with van der Waals surface area (Å²) in [5.41, 5.74) is 0.610. The number of carbonyl (C=O) groups is 1. The van der Waals surface area contributed by atoms with Gasteiger partial charge in [-0.05, 0) is 42.3 Å². The molecule has 0 saturated carbocycles. The van der Waals surface area contributed by atoms with Crippen LogP contribution >= 0.6 is 15.9 Å². The molecule has 0 bridgehead atoms. The van der Waals surface area contributed by atoms with Gasteiger partial charge in [0.15, 0.2) is 11.5 Å². The van der Waals surface area contributed by atoms with Gasteiger partial charge in [-0.1, -0.05) is 28.1 Å². The smallest absolute Gasteiger partial charge is 0.416 e. The fourth-order valence-corrected chi connectivity index (χ4v) is 3.21. The van der Waals surface area contributed by atoms with Crippen molar-refractivity contribution >= 4 is 21.8 Å². The van der Waals surface area contributed by atoms with E-state index in [0.717, 1.165) is 22.2 Å². The van der Waals surface area contributed by atoms with Gasteiger partial charge in [-0.25, -0.2) is 0 Å². The van der Waals surface area contributed by atoms with Gasteiger partial charge >= 0.3 is 6.18 Å². The van der Waals surface area contributed by atoms with E-state index in [-0.39, 0.29) is 12.3 Å². The second-order valence-corrected chi connectivity index (χ2v) is 7.03. The summed E-state index contributed by atoms with van der Waals surface area (Å²) < 4.78 is 49.6. The van der Waals surface area contributed by atoms with E-state index in [1.54, 1.807) is 19.1 Å². The van der Waals surface area contributed by atoms with Crippen LogP contribution in [0.4, 0.5) is 13.2 Å². The highest BCUT2D eigenvalue weighted by Gasteiger charge is 2.30. The maximum absolute atomic E-state index is 12.6. The monoisotopic (exact) mass is 443 g/mol. The van der Waals surface area contributed by atoms with Crippen LogP contribution in [0, 0.1) is 0 Å². The summed E-state index contributed by atoms with van der Waals surface area (Å²) in [6.07, 6.45) is -4.28. The first kappa shape index (κ1) is 19.5. The molecule has 27 heavy (non-hydrogen) atoms. The highest BCUT2D eigenvalue weighted by atomic mass is 79.9. The molecule has 2 aromatic rings. The highest BCUT2D eigenvalue weighted by Crippen LogP contribution is 2.36. The summed E-state index contributed by atoms with van der Waals surface area (Å²) in [5, 5.41) is 2.80. The van der Waals surface area contributed by atoms with Crippen LogP contribution in [0.2, 0.25) is 0 Å². The number of rotatable bonds is 4. The molecule has 144 valence electrons. The van der Waals surface area contributed by atoms with Gasteiger partial charge in [-0.15, -0.1) is 0 Å². The van der Waals surface area contributed by atoms with Crippen LogP contribution in [0.5, 0.6) is 11.5 Å². The fraction of sp³-hybridized carbons (Fsp3) is 0.316. The Kier molecular flexibility index (Phi) is 5.64. The number of fused-ring (bicyclic) bond motifs is 1. The zero-order valence-electron chi connectivity index (χ0n) is 14.4. The number of halogens is 4. The Balaban J connectivity index is 1.65. The van der Waals surface area contributed by atoms with Crippen molar-refractivity contribution < 1.29 is 27.4 Å². The van der Waals surface area contributed by atoms with E-state index in [1.807, 2.05) is 0 Å². The van der Waals surface area contributed by atoms with Crippen molar-refractivity contribution in [3.8, 4) is 11.5 Å². The Hall–Kier alpha value is -2.22. The molecule has 0 radical (unpaired) electrons. The number of ether oxygens (including phenoxy) is 2. The predicted molar refractivity (Wildman–Crippen MR) is 96.8 cm³/mol. The topological polar surface area (TPSA) is 47.6 Å². The fourth-order valence-electron chi connectivity index (χ4n) is 2.75. The van der Waals surface area contributed by atoms with Crippen molar-refractivity contribution in [2.75, 3.05) is 13.2 Å². The van der Waals surface area contributed by atoms with Crippen molar-refractivity contribution in [3.05, 3.63) is 57.6 Å². The average molecular weight is 444 g/mol. The Morgan fingerprint density at radius 3 is 2.33 bits per heavy atom. The Morgan fingerprint density at radius 1 is 1.15 bits per heavy atom. The van der Waals surface area contributed by atoms with E-state index in [1.165, 1.54) is 12.1 Å². The van der Waals surface area contributed by atoms with Crippen molar-refractivity contribution in [3.63, 3.8) is 0 Å². The van der Waals surface area contributed by atoms with Crippen molar-refractivity contribution in [2.24, 2.45) is 0 Å². The van der Waals surface area contributed by atoms with Gasteiger partial charge in [0.1, 0.15) is 13.2 Å². The molecule has 1 atom stereocenters. The predicted octanol–water partition coefficient (Wildman–Crippen LogP) is 4.66. The molecule has 8 heteroatoms. The standard InChI is InChI=1S/C19H17BrF3NO3/c1-11(12-2-4-14(5-3-12)19(21,22)23)24-18(25)9-13-8-16-17(10-15(13)20)27-7-6-26-16/h2-5,8,10-11H,6-7,9H2,1H3,(H,24,25). The third-order valence-electron chi connectivity index (χ3n) is 4.18. The molecule has 1 N–H and O–H groups in total. The van der Waals surface area contributed by atoms with E-state index in [4.69, 9.17) is 9.47 Å². The lowest BCUT2D eigenvalue weighted by molar-refractivity contribution is -0.137.